The van der Waals surface area contributed by atoms with Crippen LogP contribution in [0.1, 0.15) is 5.56 Å². The Bertz CT molecular complexity index is 1660. The molecule has 12 heteroatoms. The first-order valence-electron chi connectivity index (χ1n) is 14.4. The molecule has 5 rings (SSSR count). The van der Waals surface area contributed by atoms with Crippen molar-refractivity contribution in [3.05, 3.63) is 102 Å². The standard InChI is InChI=1S/C33H35ClN8O3/c1-4-31(43)36-24-11-8-12-26(19-24)42(33(44)35-22-23-9-6-5-7-10-23)30-21-29(38-32(34)39-30)37-27-14-13-25(20-28(27)45-3)41-17-15-40(2)16-18-41/h4-14,19-21H,1,15-18,22H2,2-3H3,(H,35,44)(H,36,43)(H,37,38,39). The maximum absolute atomic E-state index is 13.8. The molecule has 0 bridgehead atoms. The Morgan fingerprint density at radius 1 is 1.00 bits per heavy atom. The molecule has 0 spiro atoms. The third kappa shape index (κ3) is 8.08. The van der Waals surface area contributed by atoms with Crippen LogP contribution >= 0.6 is 11.6 Å². The molecule has 45 heavy (non-hydrogen) atoms. The van der Waals surface area contributed by atoms with Crippen molar-refractivity contribution in [3.8, 4) is 5.75 Å². The number of likely N-dealkylation sites (N-methyl/N-ethyl adjacent to an activating group) is 1. The molecule has 11 nitrogen and oxygen atoms in total. The van der Waals surface area contributed by atoms with E-state index in [1.54, 1.807) is 37.4 Å². The predicted octanol–water partition coefficient (Wildman–Crippen LogP) is 5.81. The average Bonchev–Trinajstić information content (AvgIpc) is 3.05. The number of halogens is 1. The molecule has 1 saturated heterocycles. The summed E-state index contributed by atoms with van der Waals surface area (Å²) >= 11 is 6.43. The van der Waals surface area contributed by atoms with Crippen LogP contribution in [0.15, 0.2) is 91.5 Å². The largest absolute Gasteiger partial charge is 0.494 e. The van der Waals surface area contributed by atoms with Crippen LogP contribution in [0.3, 0.4) is 0 Å². The van der Waals surface area contributed by atoms with E-state index in [0.717, 1.165) is 37.4 Å². The Hall–Kier alpha value is -5.13. The van der Waals surface area contributed by atoms with Gasteiger partial charge in [0.05, 0.1) is 18.5 Å². The van der Waals surface area contributed by atoms with Gasteiger partial charge in [-0.05, 0) is 60.6 Å². The molecule has 3 aromatic carbocycles. The molecule has 1 fully saturated rings. The summed E-state index contributed by atoms with van der Waals surface area (Å²) in [5, 5.41) is 8.88. The van der Waals surface area contributed by atoms with E-state index in [4.69, 9.17) is 16.3 Å². The van der Waals surface area contributed by atoms with E-state index in [2.05, 4.69) is 49.3 Å². The molecule has 232 valence electrons. The summed E-state index contributed by atoms with van der Waals surface area (Å²) < 4.78 is 5.72. The molecule has 0 atom stereocenters. The number of piperazine rings is 1. The van der Waals surface area contributed by atoms with Crippen molar-refractivity contribution < 1.29 is 14.3 Å². The molecular weight excluding hydrogens is 592 g/mol. The van der Waals surface area contributed by atoms with Crippen molar-refractivity contribution >= 4 is 57.9 Å². The van der Waals surface area contributed by atoms with Gasteiger partial charge in [-0.15, -0.1) is 0 Å². The van der Waals surface area contributed by atoms with Crippen LogP contribution in [0.2, 0.25) is 5.28 Å². The van der Waals surface area contributed by atoms with Gasteiger partial charge in [-0.3, -0.25) is 4.79 Å². The maximum Gasteiger partial charge on any atom is 0.327 e. The predicted molar refractivity (Wildman–Crippen MR) is 179 cm³/mol. The number of aromatic nitrogens is 2. The zero-order chi connectivity index (χ0) is 31.8. The number of nitrogens with one attached hydrogen (secondary N) is 3. The SMILES string of the molecule is C=CC(=O)Nc1cccc(N(C(=O)NCc2ccccc2)c2cc(Nc3ccc(N4CCN(C)CC4)cc3OC)nc(Cl)n2)c1. The van der Waals surface area contributed by atoms with Crippen molar-refractivity contribution in [2.24, 2.45) is 0 Å². The number of carbonyl (C=O) groups is 2. The highest BCUT2D eigenvalue weighted by atomic mass is 35.5. The molecule has 0 unspecified atom stereocenters. The Balaban J connectivity index is 1.45. The van der Waals surface area contributed by atoms with Crippen LogP contribution in [0, 0.1) is 0 Å². The fraction of sp³-hybridized carbons (Fsp3) is 0.212. The van der Waals surface area contributed by atoms with Crippen molar-refractivity contribution in [2.45, 2.75) is 6.54 Å². The summed E-state index contributed by atoms with van der Waals surface area (Å²) in [4.78, 5) is 40.5. The smallest absolute Gasteiger partial charge is 0.327 e. The summed E-state index contributed by atoms with van der Waals surface area (Å²) in [5.74, 6) is 0.818. The average molecular weight is 627 g/mol. The number of hydrogen-bond donors (Lipinski definition) is 3. The normalized spacial score (nSPS) is 13.1. The van der Waals surface area contributed by atoms with Crippen LogP contribution in [0.5, 0.6) is 5.75 Å². The van der Waals surface area contributed by atoms with Gasteiger partial charge in [0.25, 0.3) is 0 Å². The Kier molecular flexibility index (Phi) is 10.1. The van der Waals surface area contributed by atoms with E-state index < -0.39 is 6.03 Å². The number of amides is 3. The number of nitrogens with zero attached hydrogens (tertiary/aromatic N) is 5. The van der Waals surface area contributed by atoms with E-state index in [1.165, 1.54) is 11.0 Å². The van der Waals surface area contributed by atoms with E-state index >= 15 is 0 Å². The van der Waals surface area contributed by atoms with Gasteiger partial charge in [-0.2, -0.15) is 4.98 Å². The zero-order valence-electron chi connectivity index (χ0n) is 25.2. The number of anilines is 6. The second kappa shape index (κ2) is 14.6. The Morgan fingerprint density at radius 2 is 1.78 bits per heavy atom. The second-order valence-electron chi connectivity index (χ2n) is 10.4. The van der Waals surface area contributed by atoms with Gasteiger partial charge in [0.15, 0.2) is 0 Å². The van der Waals surface area contributed by atoms with Crippen LogP contribution < -0.4 is 30.5 Å². The maximum atomic E-state index is 13.8. The van der Waals surface area contributed by atoms with Gasteiger partial charge in [0.1, 0.15) is 17.4 Å². The molecule has 0 saturated carbocycles. The van der Waals surface area contributed by atoms with E-state index in [-0.39, 0.29) is 23.6 Å². The number of urea groups is 1. The van der Waals surface area contributed by atoms with Gasteiger partial charge in [-0.1, -0.05) is 43.0 Å². The summed E-state index contributed by atoms with van der Waals surface area (Å²) in [5.41, 5.74) is 3.58. The lowest BCUT2D eigenvalue weighted by molar-refractivity contribution is -0.111. The molecule has 3 amide bonds. The van der Waals surface area contributed by atoms with Gasteiger partial charge in [0, 0.05) is 56.2 Å². The second-order valence-corrected chi connectivity index (χ2v) is 10.7. The summed E-state index contributed by atoms with van der Waals surface area (Å²) in [6, 6.07) is 23.5. The van der Waals surface area contributed by atoms with Crippen LogP contribution in [0.4, 0.5) is 39.2 Å². The Morgan fingerprint density at radius 3 is 2.51 bits per heavy atom. The van der Waals surface area contributed by atoms with Gasteiger partial charge in [0.2, 0.25) is 11.2 Å². The van der Waals surface area contributed by atoms with Crippen LogP contribution in [-0.4, -0.2) is 67.1 Å². The monoisotopic (exact) mass is 626 g/mol. The minimum absolute atomic E-state index is 0.0694. The minimum atomic E-state index is -0.458. The highest BCUT2D eigenvalue weighted by Crippen LogP contribution is 2.34. The van der Waals surface area contributed by atoms with Crippen molar-refractivity contribution in [1.29, 1.82) is 0 Å². The molecule has 2 heterocycles. The molecular formula is C33H35ClN8O3. The minimum Gasteiger partial charge on any atom is -0.494 e. The third-order valence-electron chi connectivity index (χ3n) is 7.28. The third-order valence-corrected chi connectivity index (χ3v) is 7.45. The summed E-state index contributed by atoms with van der Waals surface area (Å²) in [7, 11) is 3.74. The highest BCUT2D eigenvalue weighted by molar-refractivity contribution is 6.28. The molecule has 4 aromatic rings. The number of methoxy groups -OCH3 is 1. The summed E-state index contributed by atoms with van der Waals surface area (Å²) in [6.45, 7) is 7.62. The highest BCUT2D eigenvalue weighted by Gasteiger charge is 2.22. The van der Waals surface area contributed by atoms with Gasteiger partial charge < -0.3 is 30.5 Å². The number of benzene rings is 3. The molecule has 3 N–H and O–H groups in total. The zero-order valence-corrected chi connectivity index (χ0v) is 25.9. The first-order chi connectivity index (χ1) is 21.8. The molecule has 1 aliphatic heterocycles. The van der Waals surface area contributed by atoms with Crippen molar-refractivity contribution in [3.63, 3.8) is 0 Å². The van der Waals surface area contributed by atoms with Crippen molar-refractivity contribution in [1.82, 2.24) is 20.2 Å². The van der Waals surface area contributed by atoms with E-state index in [0.29, 0.717) is 28.6 Å². The number of rotatable bonds is 10. The first kappa shape index (κ1) is 31.3. The fourth-order valence-electron chi connectivity index (χ4n) is 4.89. The lowest BCUT2D eigenvalue weighted by Gasteiger charge is -2.34. The molecule has 1 aliphatic rings. The molecule has 1 aromatic heterocycles. The quantitative estimate of drug-likeness (QED) is 0.149. The van der Waals surface area contributed by atoms with Gasteiger partial charge in [-0.25, -0.2) is 14.7 Å². The van der Waals surface area contributed by atoms with Crippen LogP contribution in [0.25, 0.3) is 0 Å². The molecule has 0 aliphatic carbocycles. The molecule has 0 radical (unpaired) electrons. The lowest BCUT2D eigenvalue weighted by atomic mass is 10.2. The van der Waals surface area contributed by atoms with Crippen molar-refractivity contribution in [2.75, 3.05) is 60.8 Å². The van der Waals surface area contributed by atoms with E-state index in [9.17, 15) is 9.59 Å². The number of hydrogen-bond acceptors (Lipinski definition) is 8. The van der Waals surface area contributed by atoms with Gasteiger partial charge >= 0.3 is 6.03 Å². The topological polar surface area (TPSA) is 115 Å². The fourth-order valence-corrected chi connectivity index (χ4v) is 5.07. The number of carbonyl (C=O) groups excluding carboxylic acids is 2. The number of ether oxygens (including phenoxy) is 1. The van der Waals surface area contributed by atoms with Crippen LogP contribution in [-0.2, 0) is 11.3 Å². The summed E-state index contributed by atoms with van der Waals surface area (Å²) in [6.07, 6.45) is 1.17. The Labute approximate surface area is 267 Å². The lowest BCUT2D eigenvalue weighted by Crippen LogP contribution is -2.44. The first-order valence-corrected chi connectivity index (χ1v) is 14.8. The van der Waals surface area contributed by atoms with E-state index in [1.807, 2.05) is 48.5 Å².